The summed E-state index contributed by atoms with van der Waals surface area (Å²) in [6, 6.07) is 10.7. The molecule has 0 bridgehead atoms. The van der Waals surface area contributed by atoms with E-state index in [2.05, 4.69) is 33.0 Å². The van der Waals surface area contributed by atoms with Crippen molar-refractivity contribution in [1.82, 2.24) is 9.62 Å². The van der Waals surface area contributed by atoms with Gasteiger partial charge in [-0.15, -0.1) is 0 Å². The number of nitrogens with one attached hydrogen (secondary N) is 1. The first-order chi connectivity index (χ1) is 15.6. The Hall–Kier alpha value is -1.90. The second-order valence-corrected chi connectivity index (χ2v) is 12.5. The van der Waals surface area contributed by atoms with Crippen LogP contribution in [-0.2, 0) is 10.0 Å². The van der Waals surface area contributed by atoms with Gasteiger partial charge in [0.15, 0.2) is 0 Å². The number of benzene rings is 2. The normalized spacial score (nSPS) is 19.6. The predicted octanol–water partition coefficient (Wildman–Crippen LogP) is 5.42. The van der Waals surface area contributed by atoms with Crippen LogP contribution in [0.25, 0.3) is 0 Å². The van der Waals surface area contributed by atoms with Gasteiger partial charge in [-0.05, 0) is 73.1 Å². The van der Waals surface area contributed by atoms with Crippen molar-refractivity contribution in [3.8, 4) is 0 Å². The quantitative estimate of drug-likeness (QED) is 0.534. The molecule has 2 atom stereocenters. The van der Waals surface area contributed by atoms with Crippen LogP contribution in [0.2, 0.25) is 0 Å². The van der Waals surface area contributed by atoms with Crippen molar-refractivity contribution >= 4 is 27.7 Å². The highest BCUT2D eigenvalue weighted by Crippen LogP contribution is 2.34. The van der Waals surface area contributed by atoms with Crippen LogP contribution in [0.4, 0.5) is 4.39 Å². The molecule has 8 heteroatoms. The van der Waals surface area contributed by atoms with Crippen molar-refractivity contribution in [2.24, 2.45) is 17.8 Å². The molecule has 1 aliphatic heterocycles. The SMILES string of the molecule is CC(C)CCNC(=O)c1cc(S(=O)(=O)N2CC(C)CC(C)C2)ccc1Sc1ccc(F)cc1. The van der Waals surface area contributed by atoms with E-state index in [0.717, 1.165) is 17.7 Å². The fourth-order valence-corrected chi connectivity index (χ4v) is 6.72. The van der Waals surface area contributed by atoms with Gasteiger partial charge >= 0.3 is 0 Å². The standard InChI is InChI=1S/C25H33FN2O3S2/c1-17(2)11-12-27-25(29)23-14-22(33(30,31)28-15-18(3)13-19(4)16-28)9-10-24(23)32-21-7-5-20(26)6-8-21/h5-10,14,17-19H,11-13,15-16H2,1-4H3,(H,27,29). The molecule has 5 nitrogen and oxygen atoms in total. The van der Waals surface area contributed by atoms with E-state index in [1.165, 1.54) is 34.3 Å². The average Bonchev–Trinajstić information content (AvgIpc) is 2.74. The molecule has 2 unspecified atom stereocenters. The average molecular weight is 493 g/mol. The van der Waals surface area contributed by atoms with Gasteiger partial charge in [0, 0.05) is 29.4 Å². The van der Waals surface area contributed by atoms with E-state index in [4.69, 9.17) is 0 Å². The van der Waals surface area contributed by atoms with Crippen LogP contribution in [-0.4, -0.2) is 38.3 Å². The van der Waals surface area contributed by atoms with E-state index < -0.39 is 10.0 Å². The fourth-order valence-electron chi connectivity index (χ4n) is 4.09. The predicted molar refractivity (Wildman–Crippen MR) is 130 cm³/mol. The molecule has 0 radical (unpaired) electrons. The topological polar surface area (TPSA) is 66.5 Å². The lowest BCUT2D eigenvalue weighted by atomic mass is 9.94. The molecule has 33 heavy (non-hydrogen) atoms. The van der Waals surface area contributed by atoms with E-state index >= 15 is 0 Å². The molecule has 3 rings (SSSR count). The molecular weight excluding hydrogens is 459 g/mol. The van der Waals surface area contributed by atoms with Crippen molar-refractivity contribution in [3.63, 3.8) is 0 Å². The molecule has 180 valence electrons. The number of nitrogens with zero attached hydrogens (tertiary/aromatic N) is 1. The maximum absolute atomic E-state index is 13.4. The van der Waals surface area contributed by atoms with Crippen LogP contribution < -0.4 is 5.32 Å². The van der Waals surface area contributed by atoms with Gasteiger partial charge in [0.25, 0.3) is 5.91 Å². The van der Waals surface area contributed by atoms with Crippen LogP contribution in [0, 0.1) is 23.6 Å². The molecule has 0 spiro atoms. The van der Waals surface area contributed by atoms with Crippen LogP contribution in [0.15, 0.2) is 57.2 Å². The van der Waals surface area contributed by atoms with E-state index in [-0.39, 0.29) is 28.5 Å². The maximum Gasteiger partial charge on any atom is 0.252 e. The number of piperidine rings is 1. The Bertz CT molecular complexity index is 1060. The first-order valence-corrected chi connectivity index (χ1v) is 13.7. The first kappa shape index (κ1) is 25.7. The number of sulfonamides is 1. The van der Waals surface area contributed by atoms with Crippen LogP contribution in [0.3, 0.4) is 0 Å². The summed E-state index contributed by atoms with van der Waals surface area (Å²) in [7, 11) is -3.72. The third kappa shape index (κ3) is 6.80. The van der Waals surface area contributed by atoms with Crippen LogP contribution in [0.1, 0.15) is 50.9 Å². The zero-order valence-corrected chi connectivity index (χ0v) is 21.3. The van der Waals surface area contributed by atoms with Crippen molar-refractivity contribution < 1.29 is 17.6 Å². The number of hydrogen-bond acceptors (Lipinski definition) is 4. The van der Waals surface area contributed by atoms with Crippen molar-refractivity contribution in [1.29, 1.82) is 0 Å². The van der Waals surface area contributed by atoms with Gasteiger partial charge in [0.1, 0.15) is 5.82 Å². The minimum absolute atomic E-state index is 0.126. The largest absolute Gasteiger partial charge is 0.352 e. The van der Waals surface area contributed by atoms with Crippen molar-refractivity contribution in [2.75, 3.05) is 19.6 Å². The van der Waals surface area contributed by atoms with Gasteiger partial charge in [-0.1, -0.05) is 39.5 Å². The molecule has 0 saturated carbocycles. The molecule has 2 aromatic rings. The molecular formula is C25H33FN2O3S2. The van der Waals surface area contributed by atoms with Gasteiger partial charge in [0.05, 0.1) is 10.5 Å². The Labute approximate surface area is 201 Å². The lowest BCUT2D eigenvalue weighted by Crippen LogP contribution is -2.42. The van der Waals surface area contributed by atoms with Crippen molar-refractivity contribution in [3.05, 3.63) is 53.8 Å². The molecule has 1 N–H and O–H groups in total. The number of hydrogen-bond donors (Lipinski definition) is 1. The fraction of sp³-hybridized carbons (Fsp3) is 0.480. The molecule has 0 aromatic heterocycles. The highest BCUT2D eigenvalue weighted by molar-refractivity contribution is 7.99. The molecule has 2 aromatic carbocycles. The molecule has 1 amide bonds. The Morgan fingerprint density at radius 3 is 2.36 bits per heavy atom. The summed E-state index contributed by atoms with van der Waals surface area (Å²) in [5.74, 6) is 0.370. The number of amides is 1. The highest BCUT2D eigenvalue weighted by Gasteiger charge is 2.32. The molecule has 0 aliphatic carbocycles. The molecule has 1 aliphatic rings. The van der Waals surface area contributed by atoms with Gasteiger partial charge in [-0.3, -0.25) is 4.79 Å². The van der Waals surface area contributed by atoms with E-state index in [1.54, 1.807) is 24.3 Å². The Morgan fingerprint density at radius 1 is 1.12 bits per heavy atom. The second-order valence-electron chi connectivity index (χ2n) is 9.42. The van der Waals surface area contributed by atoms with Gasteiger partial charge < -0.3 is 5.32 Å². The van der Waals surface area contributed by atoms with Crippen LogP contribution >= 0.6 is 11.8 Å². The Balaban J connectivity index is 1.94. The smallest absolute Gasteiger partial charge is 0.252 e. The number of carbonyl (C=O) groups is 1. The summed E-state index contributed by atoms with van der Waals surface area (Å²) >= 11 is 1.31. The summed E-state index contributed by atoms with van der Waals surface area (Å²) in [5, 5.41) is 2.92. The Morgan fingerprint density at radius 2 is 1.76 bits per heavy atom. The summed E-state index contributed by atoms with van der Waals surface area (Å²) < 4.78 is 41.7. The third-order valence-electron chi connectivity index (χ3n) is 5.72. The van der Waals surface area contributed by atoms with Gasteiger partial charge in [0.2, 0.25) is 10.0 Å². The summed E-state index contributed by atoms with van der Waals surface area (Å²) in [6.07, 6.45) is 1.83. The van der Waals surface area contributed by atoms with E-state index in [0.29, 0.717) is 36.0 Å². The highest BCUT2D eigenvalue weighted by atomic mass is 32.2. The summed E-state index contributed by atoms with van der Waals surface area (Å²) in [4.78, 5) is 14.6. The summed E-state index contributed by atoms with van der Waals surface area (Å²) in [6.45, 7) is 9.76. The van der Waals surface area contributed by atoms with E-state index in [1.807, 2.05) is 0 Å². The molecule has 1 saturated heterocycles. The number of rotatable bonds is 8. The van der Waals surface area contributed by atoms with E-state index in [9.17, 15) is 17.6 Å². The second kappa shape index (κ2) is 11.0. The molecule has 1 fully saturated rings. The zero-order valence-electron chi connectivity index (χ0n) is 19.7. The Kier molecular flexibility index (Phi) is 8.59. The van der Waals surface area contributed by atoms with Crippen molar-refractivity contribution in [2.45, 2.75) is 55.2 Å². The van der Waals surface area contributed by atoms with Gasteiger partial charge in [-0.25, -0.2) is 12.8 Å². The lowest BCUT2D eigenvalue weighted by Gasteiger charge is -2.34. The molecule has 1 heterocycles. The minimum atomic E-state index is -3.72. The monoisotopic (exact) mass is 492 g/mol. The summed E-state index contributed by atoms with van der Waals surface area (Å²) in [5.41, 5.74) is 0.312. The van der Waals surface area contributed by atoms with Crippen LogP contribution in [0.5, 0.6) is 0 Å². The lowest BCUT2D eigenvalue weighted by molar-refractivity contribution is 0.0949. The number of halogens is 1. The zero-order chi connectivity index (χ0) is 24.2. The number of carbonyl (C=O) groups excluding carboxylic acids is 1. The minimum Gasteiger partial charge on any atom is -0.352 e. The third-order valence-corrected chi connectivity index (χ3v) is 8.63. The van der Waals surface area contributed by atoms with Gasteiger partial charge in [-0.2, -0.15) is 4.31 Å². The maximum atomic E-state index is 13.4. The first-order valence-electron chi connectivity index (χ1n) is 11.4.